The van der Waals surface area contributed by atoms with Crippen LogP contribution in [0, 0.1) is 5.92 Å². The van der Waals surface area contributed by atoms with Gasteiger partial charge in [0.1, 0.15) is 0 Å². The molecule has 0 saturated carbocycles. The highest BCUT2D eigenvalue weighted by molar-refractivity contribution is 6.72. The summed E-state index contributed by atoms with van der Waals surface area (Å²) in [5.41, 5.74) is 5.46. The summed E-state index contributed by atoms with van der Waals surface area (Å²) in [6.07, 6.45) is -4.83. The Morgan fingerprint density at radius 1 is 1.40 bits per heavy atom. The summed E-state index contributed by atoms with van der Waals surface area (Å²) >= 11 is 0. The van der Waals surface area contributed by atoms with Gasteiger partial charge in [-0.05, 0) is 31.1 Å². The van der Waals surface area contributed by atoms with Crippen LogP contribution in [0.25, 0.3) is 0 Å². The van der Waals surface area contributed by atoms with Crippen LogP contribution in [0.5, 0.6) is 0 Å². The van der Waals surface area contributed by atoms with Gasteiger partial charge in [-0.15, -0.1) is 0 Å². The molecule has 6 heteroatoms. The summed E-state index contributed by atoms with van der Waals surface area (Å²) < 4.78 is 41.5. The Morgan fingerprint density at radius 2 is 1.93 bits per heavy atom. The monoisotopic (exact) mass is 243 g/mol. The van der Waals surface area contributed by atoms with Gasteiger partial charge in [-0.1, -0.05) is 6.92 Å². The van der Waals surface area contributed by atoms with E-state index in [1.807, 2.05) is 13.5 Å². The minimum atomic E-state index is -4.08. The maximum atomic E-state index is 12.1. The third-order valence-corrected chi connectivity index (χ3v) is 6.47. The molecule has 0 amide bonds. The lowest BCUT2D eigenvalue weighted by Gasteiger charge is -2.28. The summed E-state index contributed by atoms with van der Waals surface area (Å²) in [6.45, 7) is 4.28. The molecule has 0 aromatic heterocycles. The van der Waals surface area contributed by atoms with Crippen LogP contribution in [0.3, 0.4) is 0 Å². The average molecular weight is 243 g/mol. The molecule has 0 aromatic rings. The van der Waals surface area contributed by atoms with Crippen LogP contribution in [-0.2, 0) is 4.43 Å². The van der Waals surface area contributed by atoms with E-state index < -0.39 is 20.9 Å². The van der Waals surface area contributed by atoms with Crippen LogP contribution in [0.1, 0.15) is 13.3 Å². The summed E-state index contributed by atoms with van der Waals surface area (Å²) in [5, 5.41) is 0. The lowest BCUT2D eigenvalue weighted by Crippen LogP contribution is -2.37. The number of nitrogens with two attached hydrogens (primary N) is 1. The molecular formula is C9H20F3NOSi. The molecule has 0 rings (SSSR count). The van der Waals surface area contributed by atoms with Gasteiger partial charge in [-0.3, -0.25) is 0 Å². The first kappa shape index (κ1) is 14.9. The maximum absolute atomic E-state index is 12.1. The van der Waals surface area contributed by atoms with Crippen molar-refractivity contribution in [3.63, 3.8) is 0 Å². The second kappa shape index (κ2) is 5.86. The van der Waals surface area contributed by atoms with Crippen molar-refractivity contribution < 1.29 is 17.6 Å². The molecule has 0 aliphatic rings. The van der Waals surface area contributed by atoms with Crippen LogP contribution in [0.4, 0.5) is 13.2 Å². The summed E-state index contributed by atoms with van der Waals surface area (Å²) in [7, 11) is -0.711. The highest BCUT2D eigenvalue weighted by Gasteiger charge is 2.36. The first-order valence-electron chi connectivity index (χ1n) is 5.04. The number of alkyl halides is 3. The molecule has 2 N–H and O–H groups in total. The van der Waals surface area contributed by atoms with Gasteiger partial charge in [-0.2, -0.15) is 13.2 Å². The SMILES string of the molecule is CO[Si](C)(CCC(F)(F)F)CC(C)CN. The highest BCUT2D eigenvalue weighted by atomic mass is 28.4. The Labute approximate surface area is 90.1 Å². The van der Waals surface area contributed by atoms with E-state index in [1.54, 1.807) is 0 Å². The summed E-state index contributed by atoms with van der Waals surface area (Å²) in [4.78, 5) is 0. The van der Waals surface area contributed by atoms with Gasteiger partial charge < -0.3 is 10.2 Å². The zero-order valence-electron chi connectivity index (χ0n) is 9.53. The van der Waals surface area contributed by atoms with E-state index in [0.717, 1.165) is 0 Å². The molecule has 0 saturated heterocycles. The van der Waals surface area contributed by atoms with Gasteiger partial charge in [-0.25, -0.2) is 0 Å². The fraction of sp³-hybridized carbons (Fsp3) is 1.00. The molecular weight excluding hydrogens is 223 g/mol. The Bertz CT molecular complexity index is 189. The lowest BCUT2D eigenvalue weighted by atomic mass is 10.2. The lowest BCUT2D eigenvalue weighted by molar-refractivity contribution is -0.131. The molecule has 92 valence electrons. The van der Waals surface area contributed by atoms with E-state index in [2.05, 4.69) is 0 Å². The van der Waals surface area contributed by atoms with E-state index >= 15 is 0 Å². The average Bonchev–Trinajstić information content (AvgIpc) is 2.14. The molecule has 15 heavy (non-hydrogen) atoms. The number of halogens is 3. The quantitative estimate of drug-likeness (QED) is 0.728. The van der Waals surface area contributed by atoms with Crippen molar-refractivity contribution in [1.82, 2.24) is 0 Å². The topological polar surface area (TPSA) is 35.2 Å². The highest BCUT2D eigenvalue weighted by Crippen LogP contribution is 2.29. The van der Waals surface area contributed by atoms with Crippen molar-refractivity contribution in [2.24, 2.45) is 11.7 Å². The molecule has 2 atom stereocenters. The van der Waals surface area contributed by atoms with Gasteiger partial charge in [0, 0.05) is 13.5 Å². The minimum Gasteiger partial charge on any atom is -0.420 e. The Hall–Kier alpha value is -0.0731. The van der Waals surface area contributed by atoms with Crippen LogP contribution in [0.15, 0.2) is 0 Å². The fourth-order valence-electron chi connectivity index (χ4n) is 1.51. The van der Waals surface area contributed by atoms with Crippen molar-refractivity contribution in [3.05, 3.63) is 0 Å². The minimum absolute atomic E-state index is 0.122. The van der Waals surface area contributed by atoms with Crippen molar-refractivity contribution >= 4 is 8.32 Å². The molecule has 0 aliphatic heterocycles. The molecule has 0 spiro atoms. The van der Waals surface area contributed by atoms with Gasteiger partial charge >= 0.3 is 6.18 Å². The van der Waals surface area contributed by atoms with Gasteiger partial charge in [0.2, 0.25) is 0 Å². The summed E-state index contributed by atoms with van der Waals surface area (Å²) in [5.74, 6) is 0.231. The van der Waals surface area contributed by atoms with Gasteiger partial charge in [0.15, 0.2) is 8.32 Å². The molecule has 2 unspecified atom stereocenters. The van der Waals surface area contributed by atoms with Crippen LogP contribution >= 0.6 is 0 Å². The zero-order valence-corrected chi connectivity index (χ0v) is 10.5. The predicted molar refractivity (Wildman–Crippen MR) is 57.1 cm³/mol. The Morgan fingerprint density at radius 3 is 2.27 bits per heavy atom. The van der Waals surface area contributed by atoms with Gasteiger partial charge in [0.05, 0.1) is 0 Å². The smallest absolute Gasteiger partial charge is 0.388 e. The normalized spacial score (nSPS) is 18.6. The molecule has 0 bridgehead atoms. The third-order valence-electron chi connectivity index (χ3n) is 2.61. The van der Waals surface area contributed by atoms with E-state index in [-0.39, 0.29) is 12.0 Å². The fourth-order valence-corrected chi connectivity index (χ4v) is 4.54. The molecule has 0 aromatic carbocycles. The van der Waals surface area contributed by atoms with E-state index in [4.69, 9.17) is 10.2 Å². The predicted octanol–water partition coefficient (Wildman–Crippen LogP) is 2.76. The van der Waals surface area contributed by atoms with Crippen molar-refractivity contribution in [3.8, 4) is 0 Å². The molecule has 0 fully saturated rings. The summed E-state index contributed by atoms with van der Waals surface area (Å²) in [6, 6.07) is 0.813. The number of rotatable bonds is 6. The van der Waals surface area contributed by atoms with E-state index in [1.165, 1.54) is 7.11 Å². The number of hydrogen-bond acceptors (Lipinski definition) is 2. The second-order valence-corrected chi connectivity index (χ2v) is 8.53. The molecule has 2 nitrogen and oxygen atoms in total. The van der Waals surface area contributed by atoms with Crippen LogP contribution < -0.4 is 5.73 Å². The van der Waals surface area contributed by atoms with Crippen molar-refractivity contribution in [2.75, 3.05) is 13.7 Å². The largest absolute Gasteiger partial charge is 0.420 e. The maximum Gasteiger partial charge on any atom is 0.388 e. The molecule has 0 heterocycles. The Kier molecular flexibility index (Phi) is 5.83. The van der Waals surface area contributed by atoms with E-state index in [9.17, 15) is 13.2 Å². The van der Waals surface area contributed by atoms with Gasteiger partial charge in [0.25, 0.3) is 0 Å². The van der Waals surface area contributed by atoms with E-state index in [0.29, 0.717) is 12.6 Å². The zero-order chi connectivity index (χ0) is 12.1. The first-order valence-corrected chi connectivity index (χ1v) is 7.86. The second-order valence-electron chi connectivity index (χ2n) is 4.31. The third kappa shape index (κ3) is 6.91. The molecule has 0 radical (unpaired) electrons. The van der Waals surface area contributed by atoms with Crippen LogP contribution in [0.2, 0.25) is 18.6 Å². The van der Waals surface area contributed by atoms with Crippen LogP contribution in [-0.4, -0.2) is 28.1 Å². The number of hydrogen-bond donors (Lipinski definition) is 1. The van der Waals surface area contributed by atoms with Crippen molar-refractivity contribution in [1.29, 1.82) is 0 Å². The first-order chi connectivity index (χ1) is 6.72. The molecule has 0 aliphatic carbocycles. The van der Waals surface area contributed by atoms with Crippen molar-refractivity contribution in [2.45, 2.75) is 38.2 Å². The Balaban J connectivity index is 4.19. The standard InChI is InChI=1S/C9H20F3NOSi/c1-8(6-13)7-15(3,14-2)5-4-9(10,11)12/h8H,4-7,13H2,1-3H3.